The van der Waals surface area contributed by atoms with Crippen LogP contribution in [0.4, 0.5) is 0 Å². The van der Waals surface area contributed by atoms with Crippen molar-refractivity contribution >= 4 is 5.78 Å². The quantitative estimate of drug-likeness (QED) is 0.700. The number of rotatable bonds is 6. The summed E-state index contributed by atoms with van der Waals surface area (Å²) in [6, 6.07) is 17.9. The standard InChI is InChI=1S/C19H17N3O3/c1-25-16-9-7-14(8-10-16)17-11-12-22(19(24)21-17)20-13-18(23)15-5-3-2-4-6-15/h2-12,20H,13H2,1H3. The van der Waals surface area contributed by atoms with Gasteiger partial charge in [-0.15, -0.1) is 0 Å². The largest absolute Gasteiger partial charge is 0.497 e. The summed E-state index contributed by atoms with van der Waals surface area (Å²) in [5.74, 6) is 0.630. The van der Waals surface area contributed by atoms with E-state index in [0.29, 0.717) is 11.3 Å². The minimum absolute atomic E-state index is 0.00742. The topological polar surface area (TPSA) is 73.2 Å². The molecule has 6 heteroatoms. The summed E-state index contributed by atoms with van der Waals surface area (Å²) in [4.78, 5) is 28.2. The number of carbonyl (C=O) groups is 1. The average Bonchev–Trinajstić information content (AvgIpc) is 2.67. The van der Waals surface area contributed by atoms with E-state index in [9.17, 15) is 9.59 Å². The van der Waals surface area contributed by atoms with Gasteiger partial charge in [-0.2, -0.15) is 4.98 Å². The van der Waals surface area contributed by atoms with E-state index in [0.717, 1.165) is 11.3 Å². The number of ketones is 1. The minimum atomic E-state index is -0.478. The molecule has 3 aromatic rings. The molecule has 0 radical (unpaired) electrons. The highest BCUT2D eigenvalue weighted by atomic mass is 16.5. The van der Waals surface area contributed by atoms with Crippen molar-refractivity contribution in [2.45, 2.75) is 0 Å². The maximum Gasteiger partial charge on any atom is 0.366 e. The lowest BCUT2D eigenvalue weighted by Crippen LogP contribution is -2.33. The summed E-state index contributed by atoms with van der Waals surface area (Å²) in [6.07, 6.45) is 1.56. The molecule has 1 aromatic heterocycles. The van der Waals surface area contributed by atoms with Crippen molar-refractivity contribution in [3.8, 4) is 17.0 Å². The first-order chi connectivity index (χ1) is 12.2. The van der Waals surface area contributed by atoms with Crippen molar-refractivity contribution < 1.29 is 9.53 Å². The molecule has 3 rings (SSSR count). The van der Waals surface area contributed by atoms with Crippen molar-refractivity contribution in [2.24, 2.45) is 0 Å². The summed E-state index contributed by atoms with van der Waals surface area (Å²) in [5.41, 5.74) is 4.26. The Morgan fingerprint density at radius 3 is 2.44 bits per heavy atom. The van der Waals surface area contributed by atoms with Gasteiger partial charge in [-0.3, -0.25) is 4.79 Å². The zero-order valence-corrected chi connectivity index (χ0v) is 13.7. The highest BCUT2D eigenvalue weighted by Gasteiger charge is 2.07. The third-order valence-corrected chi connectivity index (χ3v) is 3.70. The van der Waals surface area contributed by atoms with Gasteiger partial charge < -0.3 is 10.2 Å². The molecule has 0 amide bonds. The lowest BCUT2D eigenvalue weighted by molar-refractivity contribution is 0.100. The van der Waals surface area contributed by atoms with Crippen molar-refractivity contribution in [3.63, 3.8) is 0 Å². The lowest BCUT2D eigenvalue weighted by Gasteiger charge is -2.09. The number of nitrogens with zero attached hydrogens (tertiary/aromatic N) is 2. The number of nitrogens with one attached hydrogen (secondary N) is 1. The molecule has 0 fully saturated rings. The van der Waals surface area contributed by atoms with Crippen molar-refractivity contribution in [1.82, 2.24) is 9.66 Å². The smallest absolute Gasteiger partial charge is 0.366 e. The number of ether oxygens (including phenoxy) is 1. The van der Waals surface area contributed by atoms with E-state index in [1.54, 1.807) is 55.8 Å². The molecule has 0 atom stereocenters. The van der Waals surface area contributed by atoms with E-state index in [1.165, 1.54) is 4.68 Å². The molecule has 0 aliphatic heterocycles. The van der Waals surface area contributed by atoms with Gasteiger partial charge in [0.15, 0.2) is 5.78 Å². The fourth-order valence-corrected chi connectivity index (χ4v) is 2.33. The number of benzene rings is 2. The molecule has 0 aliphatic carbocycles. The Labute approximate surface area is 144 Å². The first-order valence-electron chi connectivity index (χ1n) is 7.73. The molecule has 0 saturated carbocycles. The number of Topliss-reactive ketones (excluding diaryl/α,β-unsaturated/α-hetero) is 1. The number of aromatic nitrogens is 2. The summed E-state index contributed by atoms with van der Waals surface area (Å²) in [5, 5.41) is 0. The SMILES string of the molecule is COc1ccc(-c2ccn(NCC(=O)c3ccccc3)c(=O)n2)cc1. The van der Waals surface area contributed by atoms with Gasteiger partial charge in [-0.05, 0) is 30.3 Å². The molecule has 0 bridgehead atoms. The maximum atomic E-state index is 12.1. The molecular weight excluding hydrogens is 318 g/mol. The van der Waals surface area contributed by atoms with Gasteiger partial charge in [-0.25, -0.2) is 9.47 Å². The Morgan fingerprint density at radius 2 is 1.80 bits per heavy atom. The van der Waals surface area contributed by atoms with Crippen LogP contribution in [0.5, 0.6) is 5.75 Å². The van der Waals surface area contributed by atoms with Crippen LogP contribution in [-0.2, 0) is 0 Å². The van der Waals surface area contributed by atoms with Crippen LogP contribution in [0.3, 0.4) is 0 Å². The molecule has 6 nitrogen and oxygen atoms in total. The minimum Gasteiger partial charge on any atom is -0.497 e. The van der Waals surface area contributed by atoms with Gasteiger partial charge in [0.05, 0.1) is 19.3 Å². The molecular formula is C19H17N3O3. The second kappa shape index (κ2) is 7.44. The van der Waals surface area contributed by atoms with Crippen LogP contribution in [0.1, 0.15) is 10.4 Å². The van der Waals surface area contributed by atoms with Crippen LogP contribution in [0.2, 0.25) is 0 Å². The van der Waals surface area contributed by atoms with Gasteiger partial charge in [0.2, 0.25) is 0 Å². The Morgan fingerprint density at radius 1 is 1.08 bits per heavy atom. The van der Waals surface area contributed by atoms with Gasteiger partial charge in [-0.1, -0.05) is 30.3 Å². The summed E-state index contributed by atoms with van der Waals surface area (Å²) in [7, 11) is 1.59. The van der Waals surface area contributed by atoms with Crippen LogP contribution in [-0.4, -0.2) is 29.1 Å². The van der Waals surface area contributed by atoms with Crippen LogP contribution in [0, 0.1) is 0 Å². The van der Waals surface area contributed by atoms with Gasteiger partial charge in [0, 0.05) is 17.3 Å². The molecule has 0 spiro atoms. The highest BCUT2D eigenvalue weighted by molar-refractivity contribution is 5.98. The van der Waals surface area contributed by atoms with Crippen molar-refractivity contribution in [2.75, 3.05) is 19.1 Å². The van der Waals surface area contributed by atoms with Crippen molar-refractivity contribution in [3.05, 3.63) is 82.9 Å². The van der Waals surface area contributed by atoms with Gasteiger partial charge >= 0.3 is 5.69 Å². The van der Waals surface area contributed by atoms with Crippen LogP contribution < -0.4 is 15.9 Å². The fourth-order valence-electron chi connectivity index (χ4n) is 2.33. The second-order valence-electron chi connectivity index (χ2n) is 5.32. The average molecular weight is 335 g/mol. The van der Waals surface area contributed by atoms with Crippen LogP contribution >= 0.6 is 0 Å². The number of hydrogen-bond donors (Lipinski definition) is 1. The molecule has 25 heavy (non-hydrogen) atoms. The predicted molar refractivity (Wildman–Crippen MR) is 95.5 cm³/mol. The number of methoxy groups -OCH3 is 1. The zero-order chi connectivity index (χ0) is 17.6. The second-order valence-corrected chi connectivity index (χ2v) is 5.32. The normalized spacial score (nSPS) is 10.3. The first kappa shape index (κ1) is 16.4. The van der Waals surface area contributed by atoms with E-state index in [1.807, 2.05) is 18.2 Å². The molecule has 1 N–H and O–H groups in total. The first-order valence-corrected chi connectivity index (χ1v) is 7.73. The maximum absolute atomic E-state index is 12.1. The Bertz CT molecular complexity index is 919. The Balaban J connectivity index is 1.71. The molecule has 126 valence electrons. The predicted octanol–water partition coefficient (Wildman–Crippen LogP) is 2.35. The Hall–Kier alpha value is -3.41. The fraction of sp³-hybridized carbons (Fsp3) is 0.105. The van der Waals surface area contributed by atoms with E-state index < -0.39 is 5.69 Å². The van der Waals surface area contributed by atoms with Crippen molar-refractivity contribution in [1.29, 1.82) is 0 Å². The van der Waals surface area contributed by atoms with E-state index >= 15 is 0 Å². The third-order valence-electron chi connectivity index (χ3n) is 3.70. The Kier molecular flexibility index (Phi) is 4.89. The van der Waals surface area contributed by atoms with E-state index in [2.05, 4.69) is 10.4 Å². The van der Waals surface area contributed by atoms with Crippen LogP contribution in [0.25, 0.3) is 11.3 Å². The summed E-state index contributed by atoms with van der Waals surface area (Å²) < 4.78 is 6.31. The molecule has 0 saturated heterocycles. The van der Waals surface area contributed by atoms with Gasteiger partial charge in [0.1, 0.15) is 5.75 Å². The highest BCUT2D eigenvalue weighted by Crippen LogP contribution is 2.19. The zero-order valence-electron chi connectivity index (χ0n) is 13.7. The molecule has 0 unspecified atom stereocenters. The summed E-state index contributed by atoms with van der Waals surface area (Å²) >= 11 is 0. The van der Waals surface area contributed by atoms with E-state index in [4.69, 9.17) is 4.74 Å². The third kappa shape index (κ3) is 3.92. The monoisotopic (exact) mass is 335 g/mol. The number of hydrogen-bond acceptors (Lipinski definition) is 5. The van der Waals surface area contributed by atoms with Crippen LogP contribution in [0.15, 0.2) is 71.7 Å². The molecule has 2 aromatic carbocycles. The molecule has 1 heterocycles. The van der Waals surface area contributed by atoms with E-state index in [-0.39, 0.29) is 12.3 Å². The van der Waals surface area contributed by atoms with Gasteiger partial charge in [0.25, 0.3) is 0 Å². The molecule has 0 aliphatic rings. The summed E-state index contributed by atoms with van der Waals surface area (Å²) in [6.45, 7) is 0.00742. The number of carbonyl (C=O) groups excluding carboxylic acids is 1. The lowest BCUT2D eigenvalue weighted by atomic mass is 10.1.